The second kappa shape index (κ2) is 29.7. The number of nitrogens with one attached hydrogen (secondary N) is 6. The normalized spacial score (nSPS) is 12.4. The molecule has 30 N–H and O–H groups in total. The summed E-state index contributed by atoms with van der Waals surface area (Å²) in [6.07, 6.45) is 1.10. The Morgan fingerprint density at radius 2 is 0.703 bits per heavy atom. The number of rotatable bonds is 30. The van der Waals surface area contributed by atoms with Crippen LogP contribution in [-0.4, -0.2) is 146 Å². The Morgan fingerprint density at radius 3 is 0.953 bits per heavy atom. The summed E-state index contributed by atoms with van der Waals surface area (Å²) in [6.45, 7) is 0.986. The number of nitrogens with zero attached hydrogens (tertiary/aromatic N) is 6. The predicted octanol–water partition coefficient (Wildman–Crippen LogP) is -8.83. The van der Waals surface area contributed by atoms with Gasteiger partial charge < -0.3 is 101 Å². The number of aromatic nitrogens is 2. The Morgan fingerprint density at radius 1 is 0.438 bits per heavy atom. The van der Waals surface area contributed by atoms with Crippen molar-refractivity contribution in [3.05, 3.63) is 11.4 Å². The summed E-state index contributed by atoms with van der Waals surface area (Å²) in [5, 5.41) is 15.5. The van der Waals surface area contributed by atoms with E-state index in [9.17, 15) is 28.8 Å². The van der Waals surface area contributed by atoms with E-state index >= 15 is 0 Å². The van der Waals surface area contributed by atoms with E-state index < -0.39 is 82.6 Å². The van der Waals surface area contributed by atoms with Crippen LogP contribution >= 0.6 is 0 Å². The van der Waals surface area contributed by atoms with E-state index in [1.165, 1.54) is 0 Å². The highest BCUT2D eigenvalue weighted by molar-refractivity contribution is 6.03. The van der Waals surface area contributed by atoms with Crippen LogP contribution in [0, 0.1) is 0 Å². The van der Waals surface area contributed by atoms with Crippen LogP contribution in [0.15, 0.2) is 20.0 Å². The molecule has 6 amide bonds. The van der Waals surface area contributed by atoms with Crippen LogP contribution in [0.1, 0.15) is 72.3 Å². The van der Waals surface area contributed by atoms with Crippen molar-refractivity contribution in [3.63, 3.8) is 0 Å². The minimum atomic E-state index is -1.32. The Kier molecular flexibility index (Phi) is 25.3. The molecule has 0 bridgehead atoms. The summed E-state index contributed by atoms with van der Waals surface area (Å²) >= 11 is 0. The van der Waals surface area contributed by atoms with Gasteiger partial charge in [-0.25, -0.2) is 9.97 Å². The van der Waals surface area contributed by atoms with Crippen LogP contribution in [0.4, 0.5) is 11.6 Å². The number of amides is 6. The number of guanidine groups is 4. The molecule has 1 heterocycles. The minimum Gasteiger partial charge on any atom is -0.382 e. The fraction of sp³-hybridized carbons (Fsp3) is 0.588. The molecule has 4 atom stereocenters. The maximum Gasteiger partial charge on any atom is 0.274 e. The van der Waals surface area contributed by atoms with Gasteiger partial charge in [0, 0.05) is 52.4 Å². The largest absolute Gasteiger partial charge is 0.382 e. The van der Waals surface area contributed by atoms with E-state index in [2.05, 4.69) is 61.8 Å². The molecule has 0 spiro atoms. The summed E-state index contributed by atoms with van der Waals surface area (Å²) in [5.74, 6) is -6.58. The fourth-order valence-electron chi connectivity index (χ4n) is 5.52. The van der Waals surface area contributed by atoms with E-state index in [1.807, 2.05) is 0 Å². The summed E-state index contributed by atoms with van der Waals surface area (Å²) in [4.78, 5) is 104. The van der Waals surface area contributed by atoms with Gasteiger partial charge in [0.2, 0.25) is 23.6 Å². The highest BCUT2D eigenvalue weighted by Gasteiger charge is 2.31. The van der Waals surface area contributed by atoms with Gasteiger partial charge in [-0.1, -0.05) is 0 Å². The molecule has 0 radical (unpaired) electrons. The van der Waals surface area contributed by atoms with Gasteiger partial charge in [-0.2, -0.15) is 0 Å². The third-order valence-corrected chi connectivity index (χ3v) is 8.56. The molecule has 0 aliphatic carbocycles. The number of anilines is 2. The van der Waals surface area contributed by atoms with E-state index in [4.69, 9.17) is 68.8 Å². The molecule has 0 aliphatic rings. The Balaban J connectivity index is 3.42. The zero-order valence-corrected chi connectivity index (χ0v) is 35.7. The SMILES string of the molecule is NCCNC(=O)[C@H](CCCN=C(N)N)NC(=O)[C@H](CCCN=C(N)N)NC(=O)c1nc(N)c(C(=O)N[C@@H](CCCN=C(N)N)C(=O)N[C@@H](CCCN=C(N)N)C(=O)NCCN)nc1N. The van der Waals surface area contributed by atoms with Gasteiger partial charge in [-0.3, -0.25) is 48.7 Å². The average Bonchev–Trinajstić information content (AvgIpc) is 3.23. The van der Waals surface area contributed by atoms with Crippen molar-refractivity contribution in [2.24, 2.45) is 77.3 Å². The van der Waals surface area contributed by atoms with Crippen molar-refractivity contribution < 1.29 is 28.8 Å². The molecule has 0 saturated heterocycles. The van der Waals surface area contributed by atoms with E-state index in [-0.39, 0.29) is 115 Å². The monoisotopic (exact) mass is 907 g/mol. The van der Waals surface area contributed by atoms with Crippen LogP contribution in [0.3, 0.4) is 0 Å². The third kappa shape index (κ3) is 21.8. The molecule has 1 aromatic rings. The van der Waals surface area contributed by atoms with Crippen LogP contribution in [0.25, 0.3) is 0 Å². The van der Waals surface area contributed by atoms with Crippen molar-refractivity contribution in [1.29, 1.82) is 0 Å². The predicted molar refractivity (Wildman–Crippen MR) is 241 cm³/mol. The van der Waals surface area contributed by atoms with E-state index in [1.54, 1.807) is 0 Å². The first kappa shape index (κ1) is 54.5. The molecule has 0 aliphatic heterocycles. The molecule has 1 aromatic heterocycles. The van der Waals surface area contributed by atoms with Crippen molar-refractivity contribution in [3.8, 4) is 0 Å². The van der Waals surface area contributed by atoms with Crippen molar-refractivity contribution in [2.75, 3.05) is 63.8 Å². The summed E-state index contributed by atoms with van der Waals surface area (Å²) in [7, 11) is 0. The van der Waals surface area contributed by atoms with Crippen molar-refractivity contribution >= 4 is 70.9 Å². The number of hydrogen-bond donors (Lipinski definition) is 18. The topological polar surface area (TPSA) is 562 Å². The van der Waals surface area contributed by atoms with Gasteiger partial charge in [0.1, 0.15) is 24.2 Å². The second-order valence-electron chi connectivity index (χ2n) is 13.8. The number of carbonyl (C=O) groups excluding carboxylic acids is 6. The molecular weight excluding hydrogens is 841 g/mol. The minimum absolute atomic E-state index is 0.0404. The Bertz CT molecular complexity index is 1690. The Labute approximate surface area is 369 Å². The fourth-order valence-corrected chi connectivity index (χ4v) is 5.52. The van der Waals surface area contributed by atoms with Gasteiger partial charge in [0.05, 0.1) is 0 Å². The molecule has 1 rings (SSSR count). The quantitative estimate of drug-likeness (QED) is 0.0194. The number of carbonyl (C=O) groups is 6. The zero-order valence-electron chi connectivity index (χ0n) is 35.7. The van der Waals surface area contributed by atoms with Crippen LogP contribution in [0.2, 0.25) is 0 Å². The second-order valence-corrected chi connectivity index (χ2v) is 13.8. The van der Waals surface area contributed by atoms with Gasteiger partial charge in [0.15, 0.2) is 46.9 Å². The number of nitrogen functional groups attached to an aromatic ring is 2. The number of nitrogens with two attached hydrogens (primary N) is 12. The van der Waals surface area contributed by atoms with Crippen LogP contribution in [-0.2, 0) is 19.2 Å². The first-order valence-corrected chi connectivity index (χ1v) is 20.1. The standard InChI is InChI=1S/C34H66N24O6/c35-9-15-47-25(59)17(5-1-11-49-31(39)40)53-27(61)19(7-3-13-51-33(43)44)55-29(63)21-23(37)58-22(24(38)57-21)30(64)56-20(8-4-14-52-34(45)46)28(62)54-18(26(60)48-16-10-36)6-2-12-50-32(41)42/h17-20H,1-16,35-36H2,(H2,38,57)(H2,37,58)(H,47,59)(H,48,60)(H,53,61)(H,54,62)(H,55,63)(H,56,64)(H4,39,40,49)(H4,41,42,50)(H4,43,44,51)(H4,45,46,52)/t17-,18-,19-,20-/m0/s1. The maximum atomic E-state index is 13.7. The lowest BCUT2D eigenvalue weighted by Crippen LogP contribution is -2.54. The molecule has 0 aromatic carbocycles. The molecular formula is C34H66N24O6. The molecule has 0 saturated carbocycles. The lowest BCUT2D eigenvalue weighted by molar-refractivity contribution is -0.130. The van der Waals surface area contributed by atoms with Gasteiger partial charge in [-0.05, 0) is 51.4 Å². The highest BCUT2D eigenvalue weighted by Crippen LogP contribution is 2.15. The average molecular weight is 907 g/mol. The smallest absolute Gasteiger partial charge is 0.274 e. The number of aliphatic imine (C=N–C) groups is 4. The summed E-state index contributed by atoms with van der Waals surface area (Å²) in [5.41, 5.74) is 65.4. The maximum absolute atomic E-state index is 13.7. The zero-order chi connectivity index (χ0) is 48.2. The lowest BCUT2D eigenvalue weighted by Gasteiger charge is -2.23. The van der Waals surface area contributed by atoms with E-state index in [0.717, 1.165) is 0 Å². The highest BCUT2D eigenvalue weighted by atomic mass is 16.2. The molecule has 0 unspecified atom stereocenters. The first-order valence-electron chi connectivity index (χ1n) is 20.1. The van der Waals surface area contributed by atoms with Crippen LogP contribution in [0.5, 0.6) is 0 Å². The molecule has 64 heavy (non-hydrogen) atoms. The molecule has 0 fully saturated rings. The van der Waals surface area contributed by atoms with Crippen molar-refractivity contribution in [1.82, 2.24) is 41.9 Å². The summed E-state index contributed by atoms with van der Waals surface area (Å²) in [6, 6.07) is -4.81. The van der Waals surface area contributed by atoms with E-state index in [0.29, 0.717) is 12.8 Å². The summed E-state index contributed by atoms with van der Waals surface area (Å²) < 4.78 is 0. The van der Waals surface area contributed by atoms with Crippen LogP contribution < -0.4 is 101 Å². The van der Waals surface area contributed by atoms with Gasteiger partial charge >= 0.3 is 0 Å². The first-order chi connectivity index (χ1) is 30.3. The number of hydrogen-bond acceptors (Lipinski definition) is 16. The van der Waals surface area contributed by atoms with Crippen molar-refractivity contribution in [2.45, 2.75) is 75.5 Å². The molecule has 358 valence electrons. The molecule has 30 heteroatoms. The van der Waals surface area contributed by atoms with Gasteiger partial charge in [-0.15, -0.1) is 0 Å². The third-order valence-electron chi connectivity index (χ3n) is 8.56. The molecule has 30 nitrogen and oxygen atoms in total. The Hall–Kier alpha value is -7.50. The van der Waals surface area contributed by atoms with Gasteiger partial charge in [0.25, 0.3) is 11.8 Å². The lowest BCUT2D eigenvalue weighted by atomic mass is 10.1.